The van der Waals surface area contributed by atoms with Gasteiger partial charge in [0, 0.05) is 6.20 Å². The number of benzene rings is 2. The van der Waals surface area contributed by atoms with E-state index in [1.807, 2.05) is 36.4 Å². The van der Waals surface area contributed by atoms with Gasteiger partial charge in [-0.05, 0) is 42.0 Å². The highest BCUT2D eigenvalue weighted by atomic mass is 35.5. The fraction of sp³-hybridized carbons (Fsp3) is 0.118. The molecule has 3 aromatic rings. The van der Waals surface area contributed by atoms with Crippen LogP contribution in [0.1, 0.15) is 18.7 Å². The summed E-state index contributed by atoms with van der Waals surface area (Å²) in [6, 6.07) is 17.8. The second-order valence-electron chi connectivity index (χ2n) is 5.11. The minimum absolute atomic E-state index is 0. The maximum atomic E-state index is 12.5. The third kappa shape index (κ3) is 3.88. The maximum absolute atomic E-state index is 12.5. The van der Waals surface area contributed by atoms with Gasteiger partial charge in [0.1, 0.15) is 0 Å². The Morgan fingerprint density at radius 2 is 1.65 bits per heavy atom. The van der Waals surface area contributed by atoms with Crippen LogP contribution in [0.2, 0.25) is 0 Å². The lowest BCUT2D eigenvalue weighted by atomic mass is 10.1. The van der Waals surface area contributed by atoms with Gasteiger partial charge in [-0.15, -0.1) is 0 Å². The third-order valence-electron chi connectivity index (χ3n) is 3.49. The Hall–Kier alpha value is -1.95. The Balaban J connectivity index is 0.00000192. The molecule has 0 bridgehead atoms. The lowest BCUT2D eigenvalue weighted by molar-refractivity contribution is -0.00000709. The van der Waals surface area contributed by atoms with Crippen molar-refractivity contribution in [3.63, 3.8) is 0 Å². The number of aromatic nitrogens is 1. The Kier molecular flexibility index (Phi) is 5.36. The minimum Gasteiger partial charge on any atom is -1.00 e. The summed E-state index contributed by atoms with van der Waals surface area (Å²) < 4.78 is 27.7. The lowest BCUT2D eigenvalue weighted by Gasteiger charge is -2.14. The minimum atomic E-state index is -3.59. The van der Waals surface area contributed by atoms with Crippen molar-refractivity contribution >= 4 is 20.8 Å². The first-order valence-corrected chi connectivity index (χ1v) is 8.47. The third-order valence-corrected chi connectivity index (χ3v) is 5.03. The van der Waals surface area contributed by atoms with Crippen molar-refractivity contribution in [3.05, 3.63) is 72.6 Å². The molecule has 0 aliphatic rings. The monoisotopic (exact) mass is 347 g/mol. The summed E-state index contributed by atoms with van der Waals surface area (Å²) in [5, 5.41) is 1.91. The molecule has 23 heavy (non-hydrogen) atoms. The number of pyridine rings is 1. The number of hydrogen-bond acceptors (Lipinski definition) is 3. The maximum Gasteiger partial charge on any atom is 0.241 e. The Morgan fingerprint density at radius 3 is 2.35 bits per heavy atom. The van der Waals surface area contributed by atoms with E-state index in [1.54, 1.807) is 37.4 Å². The number of halogens is 1. The Labute approximate surface area is 142 Å². The van der Waals surface area contributed by atoms with Crippen molar-refractivity contribution < 1.29 is 20.8 Å². The number of nitrogens with zero attached hydrogens (tertiary/aromatic N) is 1. The fourth-order valence-electron chi connectivity index (χ4n) is 2.33. The molecule has 0 saturated carbocycles. The van der Waals surface area contributed by atoms with E-state index in [4.69, 9.17) is 0 Å². The van der Waals surface area contributed by atoms with E-state index in [0.29, 0.717) is 5.69 Å². The molecule has 0 radical (unpaired) electrons. The van der Waals surface area contributed by atoms with Crippen LogP contribution in [0.4, 0.5) is 0 Å². The van der Waals surface area contributed by atoms with Crippen LogP contribution in [0.15, 0.2) is 71.8 Å². The summed E-state index contributed by atoms with van der Waals surface area (Å²) in [7, 11) is -3.59. The van der Waals surface area contributed by atoms with Gasteiger partial charge in [0.15, 0.2) is 0 Å². The van der Waals surface area contributed by atoms with E-state index in [2.05, 4.69) is 9.71 Å². The SMILES string of the molecule is CC(NS(=O)(=O)c1ccc2ccccc2c1)c1ccccn1.[Cl-]. The van der Waals surface area contributed by atoms with E-state index in [0.717, 1.165) is 10.8 Å². The van der Waals surface area contributed by atoms with Gasteiger partial charge in [0.05, 0.1) is 16.6 Å². The van der Waals surface area contributed by atoms with Crippen LogP contribution >= 0.6 is 0 Å². The van der Waals surface area contributed by atoms with E-state index >= 15 is 0 Å². The van der Waals surface area contributed by atoms with Crippen LogP contribution in [-0.2, 0) is 10.0 Å². The van der Waals surface area contributed by atoms with Gasteiger partial charge in [-0.1, -0.05) is 36.4 Å². The van der Waals surface area contributed by atoms with E-state index in [1.165, 1.54) is 0 Å². The summed E-state index contributed by atoms with van der Waals surface area (Å²) in [5.74, 6) is 0. The molecular formula is C17H16ClN2O2S-. The van der Waals surface area contributed by atoms with E-state index < -0.39 is 16.1 Å². The second kappa shape index (κ2) is 7.08. The number of sulfonamides is 1. The smallest absolute Gasteiger partial charge is 0.241 e. The topological polar surface area (TPSA) is 59.1 Å². The zero-order valence-electron chi connectivity index (χ0n) is 12.5. The largest absolute Gasteiger partial charge is 1.00 e. The highest BCUT2D eigenvalue weighted by Gasteiger charge is 2.19. The molecule has 2 aromatic carbocycles. The molecule has 0 saturated heterocycles. The number of rotatable bonds is 4. The first-order valence-electron chi connectivity index (χ1n) is 6.98. The zero-order valence-corrected chi connectivity index (χ0v) is 14.1. The highest BCUT2D eigenvalue weighted by molar-refractivity contribution is 7.89. The summed E-state index contributed by atoms with van der Waals surface area (Å²) in [5.41, 5.74) is 0.687. The molecule has 0 aliphatic heterocycles. The molecular weight excluding hydrogens is 332 g/mol. The summed E-state index contributed by atoms with van der Waals surface area (Å²) in [6.07, 6.45) is 1.65. The quantitative estimate of drug-likeness (QED) is 0.737. The van der Waals surface area contributed by atoms with Crippen molar-refractivity contribution in [2.24, 2.45) is 0 Å². The van der Waals surface area contributed by atoms with Gasteiger partial charge in [-0.2, -0.15) is 0 Å². The van der Waals surface area contributed by atoms with Crippen LogP contribution < -0.4 is 17.1 Å². The van der Waals surface area contributed by atoms with Crippen LogP contribution in [-0.4, -0.2) is 13.4 Å². The molecule has 0 fully saturated rings. The standard InChI is InChI=1S/C17H16N2O2S.ClH/c1-13(17-8-4-5-11-18-17)19-22(20,21)16-10-9-14-6-2-3-7-15(14)12-16;/h2-13,19H,1H3;1H/p-1. The summed E-state index contributed by atoms with van der Waals surface area (Å²) in [4.78, 5) is 4.44. The molecule has 4 nitrogen and oxygen atoms in total. The van der Waals surface area contributed by atoms with E-state index in [-0.39, 0.29) is 17.3 Å². The molecule has 120 valence electrons. The summed E-state index contributed by atoms with van der Waals surface area (Å²) in [6.45, 7) is 1.78. The molecule has 1 heterocycles. The van der Waals surface area contributed by atoms with Gasteiger partial charge < -0.3 is 12.4 Å². The average Bonchev–Trinajstić information content (AvgIpc) is 2.55. The number of fused-ring (bicyclic) bond motifs is 1. The van der Waals surface area contributed by atoms with Gasteiger partial charge in [-0.25, -0.2) is 13.1 Å². The molecule has 1 N–H and O–H groups in total. The van der Waals surface area contributed by atoms with Crippen molar-refractivity contribution in [2.45, 2.75) is 17.9 Å². The average molecular weight is 348 g/mol. The predicted octanol–water partition coefficient (Wildman–Crippen LogP) is 0.278. The normalized spacial score (nSPS) is 12.6. The Morgan fingerprint density at radius 1 is 0.957 bits per heavy atom. The van der Waals surface area contributed by atoms with Crippen molar-refractivity contribution in [1.82, 2.24) is 9.71 Å². The lowest BCUT2D eigenvalue weighted by Crippen LogP contribution is -3.00. The molecule has 1 aromatic heterocycles. The van der Waals surface area contributed by atoms with Crippen LogP contribution in [0.3, 0.4) is 0 Å². The molecule has 0 aliphatic carbocycles. The number of nitrogens with one attached hydrogen (secondary N) is 1. The van der Waals surface area contributed by atoms with Gasteiger partial charge in [0.2, 0.25) is 10.0 Å². The fourth-order valence-corrected chi connectivity index (χ4v) is 3.58. The van der Waals surface area contributed by atoms with Crippen molar-refractivity contribution in [3.8, 4) is 0 Å². The zero-order chi connectivity index (χ0) is 15.6. The molecule has 0 amide bonds. The molecule has 1 atom stereocenters. The molecule has 0 spiro atoms. The highest BCUT2D eigenvalue weighted by Crippen LogP contribution is 2.20. The first kappa shape index (κ1) is 17.4. The van der Waals surface area contributed by atoms with Crippen LogP contribution in [0, 0.1) is 0 Å². The molecule has 6 heteroatoms. The van der Waals surface area contributed by atoms with Crippen LogP contribution in [0.5, 0.6) is 0 Å². The van der Waals surface area contributed by atoms with Crippen LogP contribution in [0.25, 0.3) is 10.8 Å². The number of hydrogen-bond donors (Lipinski definition) is 1. The van der Waals surface area contributed by atoms with Gasteiger partial charge in [-0.3, -0.25) is 4.98 Å². The molecule has 1 unspecified atom stereocenters. The predicted molar refractivity (Wildman–Crippen MR) is 86.9 cm³/mol. The van der Waals surface area contributed by atoms with Crippen molar-refractivity contribution in [1.29, 1.82) is 0 Å². The second-order valence-corrected chi connectivity index (χ2v) is 6.82. The molecule has 3 rings (SSSR count). The van der Waals surface area contributed by atoms with E-state index in [9.17, 15) is 8.42 Å². The van der Waals surface area contributed by atoms with Gasteiger partial charge in [0.25, 0.3) is 0 Å². The Bertz CT molecular complexity index is 899. The summed E-state index contributed by atoms with van der Waals surface area (Å²) >= 11 is 0. The first-order chi connectivity index (χ1) is 10.6. The van der Waals surface area contributed by atoms with Gasteiger partial charge >= 0.3 is 0 Å². The van der Waals surface area contributed by atoms with Crippen molar-refractivity contribution in [2.75, 3.05) is 0 Å².